The minimum Gasteiger partial charge on any atom is -0.383 e. The van der Waals surface area contributed by atoms with Crippen molar-refractivity contribution in [3.63, 3.8) is 0 Å². The molecule has 1 N–H and O–H groups in total. The van der Waals surface area contributed by atoms with Crippen LogP contribution in [0.25, 0.3) is 0 Å². The van der Waals surface area contributed by atoms with Gasteiger partial charge in [0.25, 0.3) is 0 Å². The molecular formula is C22H32N4O2. The lowest BCUT2D eigenvalue weighted by Crippen LogP contribution is -2.63. The van der Waals surface area contributed by atoms with Crippen molar-refractivity contribution in [2.75, 3.05) is 46.3 Å². The average molecular weight is 385 g/mol. The van der Waals surface area contributed by atoms with Crippen LogP contribution in [-0.4, -0.2) is 77.3 Å². The van der Waals surface area contributed by atoms with E-state index in [1.165, 1.54) is 5.56 Å². The molecule has 0 spiro atoms. The van der Waals surface area contributed by atoms with E-state index >= 15 is 0 Å². The first-order valence-electron chi connectivity index (χ1n) is 10.3. The third-order valence-electron chi connectivity index (χ3n) is 6.61. The Hall–Kier alpha value is -1.73. The minimum absolute atomic E-state index is 0.0813. The van der Waals surface area contributed by atoms with Crippen molar-refractivity contribution in [3.8, 4) is 0 Å². The highest BCUT2D eigenvalue weighted by molar-refractivity contribution is 5.27. The maximum absolute atomic E-state index is 11.9. The predicted molar refractivity (Wildman–Crippen MR) is 109 cm³/mol. The number of nitrogens with zero attached hydrogens (tertiary/aromatic N) is 4. The molecular weight excluding hydrogens is 352 g/mol. The van der Waals surface area contributed by atoms with Crippen LogP contribution in [-0.2, 0) is 12.1 Å². The molecule has 0 bridgehead atoms. The third kappa shape index (κ3) is 3.74. The van der Waals surface area contributed by atoms with Gasteiger partial charge in [0.15, 0.2) is 0 Å². The second kappa shape index (κ2) is 7.95. The lowest BCUT2D eigenvalue weighted by molar-refractivity contribution is -0.108. The van der Waals surface area contributed by atoms with E-state index in [-0.39, 0.29) is 6.04 Å². The van der Waals surface area contributed by atoms with Gasteiger partial charge in [-0.25, -0.2) is 0 Å². The first-order valence-corrected chi connectivity index (χ1v) is 10.3. The van der Waals surface area contributed by atoms with Crippen LogP contribution < -0.4 is 0 Å². The Morgan fingerprint density at radius 2 is 1.82 bits per heavy atom. The summed E-state index contributed by atoms with van der Waals surface area (Å²) in [7, 11) is 2.17. The van der Waals surface area contributed by atoms with Crippen LogP contribution in [0.15, 0.2) is 34.9 Å². The number of benzene rings is 1. The summed E-state index contributed by atoms with van der Waals surface area (Å²) < 4.78 is 5.36. The van der Waals surface area contributed by atoms with Gasteiger partial charge in [0.2, 0.25) is 0 Å². The molecule has 0 saturated carbocycles. The summed E-state index contributed by atoms with van der Waals surface area (Å²) in [6.45, 7) is 10.6. The van der Waals surface area contributed by atoms with Crippen molar-refractivity contribution in [1.29, 1.82) is 0 Å². The number of rotatable bonds is 4. The number of aromatic nitrogens is 1. The van der Waals surface area contributed by atoms with Crippen molar-refractivity contribution in [1.82, 2.24) is 19.9 Å². The second-order valence-electron chi connectivity index (χ2n) is 8.43. The monoisotopic (exact) mass is 384 g/mol. The van der Waals surface area contributed by atoms with Gasteiger partial charge in [0.1, 0.15) is 11.4 Å². The Balaban J connectivity index is 1.59. The zero-order valence-electron chi connectivity index (χ0n) is 17.3. The van der Waals surface area contributed by atoms with Crippen molar-refractivity contribution < 1.29 is 9.63 Å². The molecule has 2 aliphatic rings. The molecule has 2 saturated heterocycles. The fraction of sp³-hybridized carbons (Fsp3) is 0.591. The van der Waals surface area contributed by atoms with E-state index in [1.807, 2.05) is 32.0 Å². The lowest BCUT2D eigenvalue weighted by atomic mass is 9.79. The van der Waals surface area contributed by atoms with Crippen LogP contribution in [0.3, 0.4) is 0 Å². The largest absolute Gasteiger partial charge is 0.383 e. The van der Waals surface area contributed by atoms with Gasteiger partial charge in [0, 0.05) is 51.4 Å². The molecule has 3 heterocycles. The third-order valence-corrected chi connectivity index (χ3v) is 6.61. The van der Waals surface area contributed by atoms with E-state index in [1.54, 1.807) is 0 Å². The smallest absolute Gasteiger partial charge is 0.138 e. The molecule has 0 aliphatic carbocycles. The number of hydrogen-bond donors (Lipinski definition) is 1. The van der Waals surface area contributed by atoms with Crippen LogP contribution in [0.4, 0.5) is 0 Å². The first kappa shape index (κ1) is 19.6. The van der Waals surface area contributed by atoms with Gasteiger partial charge in [-0.05, 0) is 32.9 Å². The summed E-state index contributed by atoms with van der Waals surface area (Å²) in [4.78, 5) is 7.31. The van der Waals surface area contributed by atoms with Gasteiger partial charge in [-0.3, -0.25) is 9.80 Å². The van der Waals surface area contributed by atoms with Gasteiger partial charge in [-0.2, -0.15) is 0 Å². The normalized spacial score (nSPS) is 27.9. The van der Waals surface area contributed by atoms with Crippen molar-refractivity contribution >= 4 is 0 Å². The number of likely N-dealkylation sites (N-methyl/N-ethyl adjacent to an activating group) is 1. The number of piperidine rings is 1. The molecule has 2 aliphatic heterocycles. The predicted octanol–water partition coefficient (Wildman–Crippen LogP) is 2.00. The molecule has 1 aromatic carbocycles. The van der Waals surface area contributed by atoms with Crippen LogP contribution in [0.2, 0.25) is 0 Å². The summed E-state index contributed by atoms with van der Waals surface area (Å²) in [5.74, 6) is 0.901. The molecule has 0 unspecified atom stereocenters. The summed E-state index contributed by atoms with van der Waals surface area (Å²) in [5.41, 5.74) is 2.38. The molecule has 152 valence electrons. The Morgan fingerprint density at radius 1 is 1.11 bits per heavy atom. The average Bonchev–Trinajstić information content (AvgIpc) is 3.03. The Morgan fingerprint density at radius 3 is 2.46 bits per heavy atom. The minimum atomic E-state index is -0.813. The maximum atomic E-state index is 11.9. The van der Waals surface area contributed by atoms with Crippen molar-refractivity contribution in [2.24, 2.45) is 0 Å². The van der Waals surface area contributed by atoms with Gasteiger partial charge >= 0.3 is 0 Å². The summed E-state index contributed by atoms with van der Waals surface area (Å²) in [5, 5.41) is 16.0. The number of aryl methyl sites for hydroxylation is 2. The lowest BCUT2D eigenvalue weighted by Gasteiger charge is -2.51. The summed E-state index contributed by atoms with van der Waals surface area (Å²) >= 11 is 0. The van der Waals surface area contributed by atoms with E-state index in [4.69, 9.17) is 4.52 Å². The molecule has 6 heteroatoms. The standard InChI is InChI=1S/C22H32N4O2/c1-17-20(18(2)28-23-17)15-25-10-9-22(27,19-7-5-4-6-8-19)21(16-25)26-13-11-24(3)12-14-26/h4-8,21,27H,9-16H2,1-3H3/t21-,22+/m1/s1. The number of piperazine rings is 1. The topological polar surface area (TPSA) is 56.0 Å². The molecule has 0 amide bonds. The second-order valence-corrected chi connectivity index (χ2v) is 8.43. The van der Waals surface area contributed by atoms with Crippen LogP contribution in [0.1, 0.15) is 29.0 Å². The first-order chi connectivity index (χ1) is 13.5. The number of likely N-dealkylation sites (tertiary alicyclic amines) is 1. The quantitative estimate of drug-likeness (QED) is 0.870. The van der Waals surface area contributed by atoms with Gasteiger partial charge in [0.05, 0.1) is 11.7 Å². The zero-order chi connectivity index (χ0) is 19.7. The van der Waals surface area contributed by atoms with Crippen molar-refractivity contribution in [2.45, 2.75) is 38.5 Å². The van der Waals surface area contributed by atoms with E-state index in [0.29, 0.717) is 0 Å². The highest BCUT2D eigenvalue weighted by atomic mass is 16.5. The summed E-state index contributed by atoms with van der Waals surface area (Å²) in [6, 6.07) is 10.3. The molecule has 2 atom stereocenters. The number of hydrogen-bond acceptors (Lipinski definition) is 6. The van der Waals surface area contributed by atoms with Gasteiger partial charge in [-0.1, -0.05) is 35.5 Å². The molecule has 2 aromatic rings. The van der Waals surface area contributed by atoms with E-state index in [0.717, 1.165) is 69.3 Å². The number of aliphatic hydroxyl groups is 1. The molecule has 4 rings (SSSR count). The van der Waals surface area contributed by atoms with Crippen LogP contribution >= 0.6 is 0 Å². The Bertz CT molecular complexity index is 766. The highest BCUT2D eigenvalue weighted by Crippen LogP contribution is 2.37. The Kier molecular flexibility index (Phi) is 5.56. The van der Waals surface area contributed by atoms with E-state index in [9.17, 15) is 5.11 Å². The summed E-state index contributed by atoms with van der Waals surface area (Å²) in [6.07, 6.45) is 0.734. The molecule has 0 radical (unpaired) electrons. The fourth-order valence-electron chi connectivity index (χ4n) is 4.69. The highest BCUT2D eigenvalue weighted by Gasteiger charge is 2.46. The van der Waals surface area contributed by atoms with Crippen LogP contribution in [0.5, 0.6) is 0 Å². The van der Waals surface area contributed by atoms with Gasteiger partial charge < -0.3 is 14.5 Å². The molecule has 28 heavy (non-hydrogen) atoms. The van der Waals surface area contributed by atoms with Gasteiger partial charge in [-0.15, -0.1) is 0 Å². The maximum Gasteiger partial charge on any atom is 0.138 e. The Labute approximate surface area is 167 Å². The molecule has 6 nitrogen and oxygen atoms in total. The zero-order valence-corrected chi connectivity index (χ0v) is 17.3. The SMILES string of the molecule is Cc1noc(C)c1CN1CC[C@](O)(c2ccccc2)[C@H](N2CCN(C)CC2)C1. The van der Waals surface area contributed by atoms with E-state index in [2.05, 4.69) is 39.0 Å². The molecule has 2 fully saturated rings. The molecule has 1 aromatic heterocycles. The van der Waals surface area contributed by atoms with Crippen molar-refractivity contribution in [3.05, 3.63) is 52.9 Å². The van der Waals surface area contributed by atoms with Crippen LogP contribution in [0, 0.1) is 13.8 Å². The fourth-order valence-corrected chi connectivity index (χ4v) is 4.69. The van der Waals surface area contributed by atoms with E-state index < -0.39 is 5.60 Å².